The van der Waals surface area contributed by atoms with Crippen LogP contribution < -0.4 is 11.5 Å². The van der Waals surface area contributed by atoms with Crippen LogP contribution in [0.4, 0.5) is 0 Å². The molecule has 0 rings (SSSR count). The van der Waals surface area contributed by atoms with Crippen LogP contribution in [-0.2, 0) is 0 Å². The lowest BCUT2D eigenvalue weighted by atomic mass is 10.0. The standard InChI is InChI=1S/C30H62N2/c31-29-27-25-23-21-19-17-15-13-11-9-7-5-3-1-2-4-6-8-10-12-14-16-18-20-22-24-26-28-30-32/h27,29H,1-26,28,30-32H2. The molecule has 0 atom stereocenters. The number of rotatable bonds is 28. The first kappa shape index (κ1) is 31.5. The van der Waals surface area contributed by atoms with Gasteiger partial charge in [0.1, 0.15) is 0 Å². The molecule has 192 valence electrons. The zero-order valence-electron chi connectivity index (χ0n) is 22.1. The molecule has 2 heteroatoms. The van der Waals surface area contributed by atoms with Crippen molar-refractivity contribution in [2.24, 2.45) is 11.5 Å². The molecule has 0 aliphatic carbocycles. The molecule has 0 aromatic carbocycles. The van der Waals surface area contributed by atoms with Gasteiger partial charge in [-0.25, -0.2) is 0 Å². The molecule has 0 amide bonds. The van der Waals surface area contributed by atoms with Crippen LogP contribution in [0.25, 0.3) is 0 Å². The summed E-state index contributed by atoms with van der Waals surface area (Å²) < 4.78 is 0. The second kappa shape index (κ2) is 30.5. The van der Waals surface area contributed by atoms with Crippen LogP contribution in [0.3, 0.4) is 0 Å². The quantitative estimate of drug-likeness (QED) is 0.116. The lowest BCUT2D eigenvalue weighted by Gasteiger charge is -2.04. The molecular weight excluding hydrogens is 388 g/mol. The van der Waals surface area contributed by atoms with Crippen molar-refractivity contribution in [2.75, 3.05) is 6.54 Å². The molecule has 2 nitrogen and oxygen atoms in total. The number of unbranched alkanes of at least 4 members (excludes halogenated alkanes) is 26. The van der Waals surface area contributed by atoms with Crippen molar-refractivity contribution in [3.63, 3.8) is 0 Å². The predicted octanol–water partition coefficient (Wildman–Crippen LogP) is 9.95. The van der Waals surface area contributed by atoms with E-state index in [4.69, 9.17) is 11.5 Å². The fourth-order valence-corrected chi connectivity index (χ4v) is 4.75. The summed E-state index contributed by atoms with van der Waals surface area (Å²) in [4.78, 5) is 0. The lowest BCUT2D eigenvalue weighted by Crippen LogP contribution is -1.97. The largest absolute Gasteiger partial charge is 0.405 e. The van der Waals surface area contributed by atoms with Crippen LogP contribution in [0.5, 0.6) is 0 Å². The minimum Gasteiger partial charge on any atom is -0.405 e. The van der Waals surface area contributed by atoms with Gasteiger partial charge in [-0.1, -0.05) is 160 Å². The van der Waals surface area contributed by atoms with Crippen molar-refractivity contribution in [1.29, 1.82) is 0 Å². The van der Waals surface area contributed by atoms with Crippen molar-refractivity contribution in [2.45, 2.75) is 173 Å². The summed E-state index contributed by atoms with van der Waals surface area (Å²) in [6.45, 7) is 0.871. The van der Waals surface area contributed by atoms with Gasteiger partial charge in [-0.05, 0) is 32.0 Å². The Balaban J connectivity index is 3.00. The van der Waals surface area contributed by atoms with E-state index < -0.39 is 0 Å². The first-order chi connectivity index (χ1) is 15.9. The fourth-order valence-electron chi connectivity index (χ4n) is 4.75. The molecule has 0 bridgehead atoms. The zero-order chi connectivity index (χ0) is 23.2. The molecule has 0 spiro atoms. The average molecular weight is 451 g/mol. The molecule has 0 saturated heterocycles. The van der Waals surface area contributed by atoms with Crippen molar-refractivity contribution >= 4 is 0 Å². The summed E-state index contributed by atoms with van der Waals surface area (Å²) in [7, 11) is 0. The molecule has 0 heterocycles. The Hall–Kier alpha value is -0.500. The molecule has 0 aliphatic rings. The van der Waals surface area contributed by atoms with Crippen molar-refractivity contribution < 1.29 is 0 Å². The predicted molar refractivity (Wildman–Crippen MR) is 147 cm³/mol. The van der Waals surface area contributed by atoms with Gasteiger partial charge < -0.3 is 11.5 Å². The topological polar surface area (TPSA) is 52.0 Å². The van der Waals surface area contributed by atoms with Gasteiger partial charge in [-0.3, -0.25) is 0 Å². The molecule has 0 aromatic rings. The van der Waals surface area contributed by atoms with E-state index in [0.29, 0.717) is 0 Å². The Morgan fingerprint density at radius 1 is 0.312 bits per heavy atom. The first-order valence-corrected chi connectivity index (χ1v) is 15.0. The fraction of sp³-hybridized carbons (Fsp3) is 0.933. The first-order valence-electron chi connectivity index (χ1n) is 15.0. The van der Waals surface area contributed by atoms with E-state index in [1.54, 1.807) is 6.20 Å². The van der Waals surface area contributed by atoms with Gasteiger partial charge in [0.2, 0.25) is 0 Å². The minimum absolute atomic E-state index is 0.871. The molecule has 0 saturated carbocycles. The van der Waals surface area contributed by atoms with E-state index in [9.17, 15) is 0 Å². The van der Waals surface area contributed by atoms with E-state index in [0.717, 1.165) is 13.0 Å². The molecular formula is C30H62N2. The second-order valence-corrected chi connectivity index (χ2v) is 10.2. The Labute approximate surface area is 203 Å². The van der Waals surface area contributed by atoms with Crippen LogP contribution in [0.1, 0.15) is 173 Å². The third-order valence-electron chi connectivity index (χ3n) is 6.96. The summed E-state index contributed by atoms with van der Waals surface area (Å²) in [6, 6.07) is 0. The van der Waals surface area contributed by atoms with Gasteiger partial charge >= 0.3 is 0 Å². The van der Waals surface area contributed by atoms with Crippen LogP contribution in [0, 0.1) is 0 Å². The summed E-state index contributed by atoms with van der Waals surface area (Å²) in [6.07, 6.45) is 42.2. The highest BCUT2D eigenvalue weighted by molar-refractivity contribution is 4.74. The minimum atomic E-state index is 0.871. The van der Waals surface area contributed by atoms with Crippen LogP contribution in [0.2, 0.25) is 0 Å². The smallest absolute Gasteiger partial charge is 0.00773 e. The Bertz CT molecular complexity index is 340. The third kappa shape index (κ3) is 29.5. The van der Waals surface area contributed by atoms with Gasteiger partial charge in [0.25, 0.3) is 0 Å². The van der Waals surface area contributed by atoms with E-state index >= 15 is 0 Å². The molecule has 32 heavy (non-hydrogen) atoms. The summed E-state index contributed by atoms with van der Waals surface area (Å²) in [5.41, 5.74) is 10.9. The highest BCUT2D eigenvalue weighted by Gasteiger charge is 1.96. The normalized spacial score (nSPS) is 11.7. The van der Waals surface area contributed by atoms with Crippen molar-refractivity contribution in [3.05, 3.63) is 12.3 Å². The maximum absolute atomic E-state index is 5.53. The highest BCUT2D eigenvalue weighted by Crippen LogP contribution is 2.16. The molecule has 0 aliphatic heterocycles. The summed E-state index contributed by atoms with van der Waals surface area (Å²) in [5, 5.41) is 0. The van der Waals surface area contributed by atoms with Gasteiger partial charge in [0.05, 0.1) is 0 Å². The molecule has 0 aromatic heterocycles. The second-order valence-electron chi connectivity index (χ2n) is 10.2. The van der Waals surface area contributed by atoms with Crippen molar-refractivity contribution in [3.8, 4) is 0 Å². The van der Waals surface area contributed by atoms with Gasteiger partial charge in [-0.15, -0.1) is 0 Å². The highest BCUT2D eigenvalue weighted by atomic mass is 14.5. The molecule has 0 unspecified atom stereocenters. The number of nitrogens with two attached hydrogens (primary N) is 2. The van der Waals surface area contributed by atoms with Crippen LogP contribution in [0.15, 0.2) is 12.3 Å². The van der Waals surface area contributed by atoms with Crippen molar-refractivity contribution in [1.82, 2.24) is 0 Å². The zero-order valence-corrected chi connectivity index (χ0v) is 22.1. The Morgan fingerprint density at radius 3 is 0.750 bits per heavy atom. The monoisotopic (exact) mass is 450 g/mol. The SMILES string of the molecule is NC=CCCCCCCCCCCCCCCCCCCCCCCCCCCCCN. The van der Waals surface area contributed by atoms with Gasteiger partial charge in [0.15, 0.2) is 0 Å². The van der Waals surface area contributed by atoms with E-state index in [1.165, 1.54) is 167 Å². The molecule has 0 fully saturated rings. The summed E-state index contributed by atoms with van der Waals surface area (Å²) in [5.74, 6) is 0. The lowest BCUT2D eigenvalue weighted by molar-refractivity contribution is 0.515. The van der Waals surface area contributed by atoms with Crippen LogP contribution >= 0.6 is 0 Å². The van der Waals surface area contributed by atoms with E-state index in [-0.39, 0.29) is 0 Å². The maximum atomic E-state index is 5.53. The third-order valence-corrected chi connectivity index (χ3v) is 6.96. The number of hydrogen-bond donors (Lipinski definition) is 2. The van der Waals surface area contributed by atoms with Gasteiger partial charge in [0, 0.05) is 0 Å². The maximum Gasteiger partial charge on any atom is -0.00773 e. The number of hydrogen-bond acceptors (Lipinski definition) is 2. The van der Waals surface area contributed by atoms with Crippen LogP contribution in [-0.4, -0.2) is 6.54 Å². The number of allylic oxidation sites excluding steroid dienone is 1. The Morgan fingerprint density at radius 2 is 0.531 bits per heavy atom. The average Bonchev–Trinajstić information content (AvgIpc) is 2.81. The Kier molecular flexibility index (Phi) is 30.0. The van der Waals surface area contributed by atoms with E-state index in [1.807, 2.05) is 0 Å². The van der Waals surface area contributed by atoms with Gasteiger partial charge in [-0.2, -0.15) is 0 Å². The van der Waals surface area contributed by atoms with E-state index in [2.05, 4.69) is 6.08 Å². The summed E-state index contributed by atoms with van der Waals surface area (Å²) >= 11 is 0. The molecule has 0 radical (unpaired) electrons. The molecule has 4 N–H and O–H groups in total.